The first-order chi connectivity index (χ1) is 9.08. The van der Waals surface area contributed by atoms with Crippen LogP contribution in [0.3, 0.4) is 0 Å². The van der Waals surface area contributed by atoms with E-state index in [1.54, 1.807) is 0 Å². The first kappa shape index (κ1) is 15.8. The summed E-state index contributed by atoms with van der Waals surface area (Å²) in [6.07, 6.45) is 3.22. The third-order valence-corrected chi connectivity index (χ3v) is 3.45. The van der Waals surface area contributed by atoms with Crippen molar-refractivity contribution in [3.05, 3.63) is 0 Å². The second kappa shape index (κ2) is 7.99. The summed E-state index contributed by atoms with van der Waals surface area (Å²) in [6.45, 7) is 5.21. The second-order valence-electron chi connectivity index (χ2n) is 4.90. The number of rotatable bonds is 7. The highest BCUT2D eigenvalue weighted by Crippen LogP contribution is 2.22. The SMILES string of the molecule is CCC[C@H](NC(=O)NCC1CCOC1CC)C(=O)O. The minimum absolute atomic E-state index is 0.200. The van der Waals surface area contributed by atoms with Crippen LogP contribution in [0.2, 0.25) is 0 Å². The lowest BCUT2D eigenvalue weighted by Gasteiger charge is -2.19. The van der Waals surface area contributed by atoms with E-state index in [-0.39, 0.29) is 6.10 Å². The molecule has 2 amide bonds. The van der Waals surface area contributed by atoms with Gasteiger partial charge in [-0.1, -0.05) is 20.3 Å². The van der Waals surface area contributed by atoms with Gasteiger partial charge in [0.2, 0.25) is 0 Å². The molecule has 1 aliphatic heterocycles. The van der Waals surface area contributed by atoms with Crippen LogP contribution in [0.1, 0.15) is 39.5 Å². The summed E-state index contributed by atoms with van der Waals surface area (Å²) >= 11 is 0. The van der Waals surface area contributed by atoms with E-state index in [2.05, 4.69) is 17.6 Å². The molecule has 6 heteroatoms. The van der Waals surface area contributed by atoms with Crippen molar-refractivity contribution < 1.29 is 19.4 Å². The zero-order valence-corrected chi connectivity index (χ0v) is 11.6. The number of amides is 2. The highest BCUT2D eigenvalue weighted by Gasteiger charge is 2.27. The van der Waals surface area contributed by atoms with Gasteiger partial charge >= 0.3 is 12.0 Å². The average Bonchev–Trinajstić information content (AvgIpc) is 2.83. The average molecular weight is 272 g/mol. The van der Waals surface area contributed by atoms with Gasteiger partial charge in [-0.05, 0) is 19.3 Å². The minimum atomic E-state index is -0.993. The van der Waals surface area contributed by atoms with Crippen molar-refractivity contribution in [3.8, 4) is 0 Å². The topological polar surface area (TPSA) is 87.7 Å². The van der Waals surface area contributed by atoms with Crippen LogP contribution in [-0.2, 0) is 9.53 Å². The second-order valence-corrected chi connectivity index (χ2v) is 4.90. The lowest BCUT2D eigenvalue weighted by molar-refractivity contribution is -0.139. The molecule has 0 radical (unpaired) electrons. The highest BCUT2D eigenvalue weighted by molar-refractivity contribution is 5.82. The van der Waals surface area contributed by atoms with Gasteiger partial charge in [-0.25, -0.2) is 9.59 Å². The third-order valence-electron chi connectivity index (χ3n) is 3.45. The summed E-state index contributed by atoms with van der Waals surface area (Å²) in [6, 6.07) is -1.23. The van der Waals surface area contributed by atoms with Gasteiger partial charge in [-0.2, -0.15) is 0 Å². The van der Waals surface area contributed by atoms with Crippen molar-refractivity contribution in [1.82, 2.24) is 10.6 Å². The molecule has 1 saturated heterocycles. The van der Waals surface area contributed by atoms with Crippen molar-refractivity contribution in [2.75, 3.05) is 13.2 Å². The molecule has 110 valence electrons. The first-order valence-electron chi connectivity index (χ1n) is 6.97. The van der Waals surface area contributed by atoms with Gasteiger partial charge in [0, 0.05) is 19.1 Å². The maximum Gasteiger partial charge on any atom is 0.326 e. The van der Waals surface area contributed by atoms with E-state index in [1.165, 1.54) is 0 Å². The molecule has 0 aliphatic carbocycles. The summed E-state index contributed by atoms with van der Waals surface area (Å²) in [4.78, 5) is 22.6. The molecule has 3 atom stereocenters. The Morgan fingerprint density at radius 2 is 2.16 bits per heavy atom. The zero-order chi connectivity index (χ0) is 14.3. The van der Waals surface area contributed by atoms with Gasteiger partial charge in [0.15, 0.2) is 0 Å². The largest absolute Gasteiger partial charge is 0.480 e. The van der Waals surface area contributed by atoms with Crippen LogP contribution >= 0.6 is 0 Å². The van der Waals surface area contributed by atoms with Gasteiger partial charge in [0.1, 0.15) is 6.04 Å². The Balaban J connectivity index is 2.32. The molecule has 0 aromatic rings. The van der Waals surface area contributed by atoms with E-state index in [9.17, 15) is 9.59 Å². The quantitative estimate of drug-likeness (QED) is 0.653. The van der Waals surface area contributed by atoms with Gasteiger partial charge in [-0.3, -0.25) is 0 Å². The molecule has 1 aliphatic rings. The van der Waals surface area contributed by atoms with Gasteiger partial charge < -0.3 is 20.5 Å². The number of carboxylic acid groups (broad SMARTS) is 1. The van der Waals surface area contributed by atoms with E-state index >= 15 is 0 Å². The molecule has 3 N–H and O–H groups in total. The number of hydrogen-bond donors (Lipinski definition) is 3. The first-order valence-corrected chi connectivity index (χ1v) is 6.97. The van der Waals surface area contributed by atoms with Crippen LogP contribution in [-0.4, -0.2) is 42.4 Å². The Bertz CT molecular complexity index is 309. The molecule has 0 saturated carbocycles. The number of carbonyl (C=O) groups excluding carboxylic acids is 1. The summed E-state index contributed by atoms with van der Waals surface area (Å²) in [7, 11) is 0. The lowest BCUT2D eigenvalue weighted by Crippen LogP contribution is -2.47. The van der Waals surface area contributed by atoms with Crippen LogP contribution in [0.5, 0.6) is 0 Å². The van der Waals surface area contributed by atoms with Crippen molar-refractivity contribution >= 4 is 12.0 Å². The fourth-order valence-electron chi connectivity index (χ4n) is 2.36. The molecule has 0 bridgehead atoms. The molecule has 19 heavy (non-hydrogen) atoms. The zero-order valence-electron chi connectivity index (χ0n) is 11.6. The minimum Gasteiger partial charge on any atom is -0.480 e. The Morgan fingerprint density at radius 3 is 2.74 bits per heavy atom. The van der Waals surface area contributed by atoms with E-state index in [0.717, 1.165) is 19.4 Å². The number of carbonyl (C=O) groups is 2. The molecular formula is C13H24N2O4. The summed E-state index contributed by atoms with van der Waals surface area (Å²) in [5.41, 5.74) is 0. The molecule has 0 aromatic heterocycles. The molecule has 1 fully saturated rings. The van der Waals surface area contributed by atoms with Crippen molar-refractivity contribution in [3.63, 3.8) is 0 Å². The lowest BCUT2D eigenvalue weighted by atomic mass is 10.00. The predicted molar refractivity (Wildman–Crippen MR) is 71.0 cm³/mol. The highest BCUT2D eigenvalue weighted by atomic mass is 16.5. The van der Waals surface area contributed by atoms with Crippen LogP contribution in [0.15, 0.2) is 0 Å². The fraction of sp³-hybridized carbons (Fsp3) is 0.846. The van der Waals surface area contributed by atoms with Gasteiger partial charge in [-0.15, -0.1) is 0 Å². The van der Waals surface area contributed by atoms with E-state index in [4.69, 9.17) is 9.84 Å². The number of aliphatic carboxylic acids is 1. The van der Waals surface area contributed by atoms with E-state index < -0.39 is 18.0 Å². The predicted octanol–water partition coefficient (Wildman–Crippen LogP) is 1.35. The molecule has 0 spiro atoms. The molecule has 1 rings (SSSR count). The van der Waals surface area contributed by atoms with Crippen molar-refractivity contribution in [2.24, 2.45) is 5.92 Å². The number of hydrogen-bond acceptors (Lipinski definition) is 3. The third kappa shape index (κ3) is 5.06. The van der Waals surface area contributed by atoms with Crippen molar-refractivity contribution in [2.45, 2.75) is 51.7 Å². The summed E-state index contributed by atoms with van der Waals surface area (Å²) in [5.74, 6) is -0.669. The number of carboxylic acids is 1. The normalized spacial score (nSPS) is 23.9. The van der Waals surface area contributed by atoms with Crippen LogP contribution in [0, 0.1) is 5.92 Å². The number of nitrogens with one attached hydrogen (secondary N) is 2. The Morgan fingerprint density at radius 1 is 1.42 bits per heavy atom. The molecule has 0 aromatic carbocycles. The van der Waals surface area contributed by atoms with Crippen molar-refractivity contribution in [1.29, 1.82) is 0 Å². The fourth-order valence-corrected chi connectivity index (χ4v) is 2.36. The van der Waals surface area contributed by atoms with Crippen LogP contribution in [0.25, 0.3) is 0 Å². The maximum atomic E-state index is 11.7. The van der Waals surface area contributed by atoms with Crippen LogP contribution < -0.4 is 10.6 Å². The standard InChI is InChI=1S/C13H24N2O4/c1-3-5-10(12(16)17)15-13(18)14-8-9-6-7-19-11(9)4-2/h9-11H,3-8H2,1-2H3,(H,16,17)(H2,14,15,18)/t9?,10-,11?/m0/s1. The van der Waals surface area contributed by atoms with Gasteiger partial charge in [0.25, 0.3) is 0 Å². The Hall–Kier alpha value is -1.30. The summed E-state index contributed by atoms with van der Waals surface area (Å²) < 4.78 is 5.54. The molecule has 6 nitrogen and oxygen atoms in total. The van der Waals surface area contributed by atoms with Crippen LogP contribution in [0.4, 0.5) is 4.79 Å². The molecule has 2 unspecified atom stereocenters. The van der Waals surface area contributed by atoms with E-state index in [0.29, 0.717) is 25.3 Å². The van der Waals surface area contributed by atoms with E-state index in [1.807, 2.05) is 6.92 Å². The summed E-state index contributed by atoms with van der Waals surface area (Å²) in [5, 5.41) is 14.2. The van der Waals surface area contributed by atoms with Gasteiger partial charge in [0.05, 0.1) is 6.10 Å². The Kier molecular flexibility index (Phi) is 6.62. The smallest absolute Gasteiger partial charge is 0.326 e. The number of ether oxygens (including phenoxy) is 1. The monoisotopic (exact) mass is 272 g/mol. The molecular weight excluding hydrogens is 248 g/mol. The number of urea groups is 1. The maximum absolute atomic E-state index is 11.7. The Labute approximate surface area is 113 Å². The molecule has 1 heterocycles.